The first-order valence-electron chi connectivity index (χ1n) is 7.50. The van der Waals surface area contributed by atoms with Gasteiger partial charge in [-0.15, -0.1) is 11.3 Å². The third-order valence-electron chi connectivity index (χ3n) is 4.12. The van der Waals surface area contributed by atoms with Crippen molar-refractivity contribution >= 4 is 28.0 Å². The molecule has 0 aromatic carbocycles. The van der Waals surface area contributed by atoms with Gasteiger partial charge in [0.15, 0.2) is 0 Å². The van der Waals surface area contributed by atoms with Gasteiger partial charge in [-0.25, -0.2) is 9.97 Å². The van der Waals surface area contributed by atoms with Crippen molar-refractivity contribution in [3.8, 4) is 0 Å². The lowest BCUT2D eigenvalue weighted by molar-refractivity contribution is 0.0728. The van der Waals surface area contributed by atoms with Gasteiger partial charge in [0.1, 0.15) is 16.2 Å². The third kappa shape index (κ3) is 2.26. The smallest absolute Gasteiger partial charge is 0.274 e. The van der Waals surface area contributed by atoms with Crippen LogP contribution in [0.1, 0.15) is 35.1 Å². The van der Waals surface area contributed by atoms with Gasteiger partial charge in [0.2, 0.25) is 5.95 Å². The van der Waals surface area contributed by atoms with Gasteiger partial charge in [0.25, 0.3) is 5.91 Å². The molecule has 1 saturated heterocycles. The van der Waals surface area contributed by atoms with Crippen LogP contribution in [0.2, 0.25) is 0 Å². The summed E-state index contributed by atoms with van der Waals surface area (Å²) in [5.74, 6) is 0.722. The molecule has 1 unspecified atom stereocenters. The molecule has 4 rings (SSSR count). The molecule has 1 aliphatic rings. The molecular weight excluding hydrogens is 312 g/mol. The lowest BCUT2D eigenvalue weighted by Crippen LogP contribution is -2.31. The van der Waals surface area contributed by atoms with Gasteiger partial charge < -0.3 is 10.2 Å². The molecule has 118 valence electrons. The number of amides is 1. The molecule has 3 aromatic heterocycles. The van der Waals surface area contributed by atoms with Gasteiger partial charge in [-0.1, -0.05) is 0 Å². The van der Waals surface area contributed by atoms with E-state index in [-0.39, 0.29) is 11.9 Å². The zero-order valence-corrected chi connectivity index (χ0v) is 13.5. The first kappa shape index (κ1) is 14.1. The average Bonchev–Trinajstić information content (AvgIpc) is 3.30. The van der Waals surface area contributed by atoms with Crippen molar-refractivity contribution in [2.75, 3.05) is 18.9 Å². The maximum Gasteiger partial charge on any atom is 0.274 e. The number of thiazole rings is 1. The molecule has 1 fully saturated rings. The Morgan fingerprint density at radius 2 is 2.35 bits per heavy atom. The molecule has 1 aliphatic heterocycles. The third-order valence-corrected chi connectivity index (χ3v) is 5.00. The van der Waals surface area contributed by atoms with E-state index in [1.807, 2.05) is 27.9 Å². The van der Waals surface area contributed by atoms with E-state index < -0.39 is 0 Å². The minimum Gasteiger partial charge on any atom is -0.358 e. The van der Waals surface area contributed by atoms with E-state index in [0.29, 0.717) is 5.69 Å². The van der Waals surface area contributed by atoms with Crippen LogP contribution in [0.15, 0.2) is 30.2 Å². The molecule has 1 amide bonds. The molecule has 0 aliphatic carbocycles. The monoisotopic (exact) mass is 328 g/mol. The van der Waals surface area contributed by atoms with Crippen LogP contribution in [-0.4, -0.2) is 43.8 Å². The Labute approximate surface area is 137 Å². The fraction of sp³-hybridized carbons (Fsp3) is 0.333. The Bertz CT molecular complexity index is 842. The number of nitrogens with one attached hydrogen (secondary N) is 1. The van der Waals surface area contributed by atoms with Crippen LogP contribution in [-0.2, 0) is 0 Å². The zero-order valence-electron chi connectivity index (χ0n) is 12.6. The lowest BCUT2D eigenvalue weighted by Gasteiger charge is -2.22. The number of aromatic nitrogens is 4. The summed E-state index contributed by atoms with van der Waals surface area (Å²) in [4.78, 5) is 28.5. The van der Waals surface area contributed by atoms with E-state index in [1.54, 1.807) is 23.7 Å². The molecule has 0 bridgehead atoms. The Morgan fingerprint density at radius 1 is 1.43 bits per heavy atom. The predicted octanol–water partition coefficient (Wildman–Crippen LogP) is 2.20. The summed E-state index contributed by atoms with van der Waals surface area (Å²) in [5.41, 5.74) is 1.34. The van der Waals surface area contributed by atoms with Crippen LogP contribution in [0.25, 0.3) is 4.83 Å². The molecule has 1 atom stereocenters. The SMILES string of the molecule is CNc1nc(C2CCCN2C(=O)c2cnccn2)c2sccn12. The fourth-order valence-corrected chi connectivity index (χ4v) is 3.97. The van der Waals surface area contributed by atoms with Crippen LogP contribution < -0.4 is 5.32 Å². The van der Waals surface area contributed by atoms with Crippen molar-refractivity contribution in [2.24, 2.45) is 0 Å². The number of rotatable bonds is 3. The summed E-state index contributed by atoms with van der Waals surface area (Å²) in [6, 6.07) is -0.0137. The van der Waals surface area contributed by atoms with E-state index in [4.69, 9.17) is 4.98 Å². The maximum atomic E-state index is 12.8. The predicted molar refractivity (Wildman–Crippen MR) is 87.7 cm³/mol. The average molecular weight is 328 g/mol. The summed E-state index contributed by atoms with van der Waals surface area (Å²) in [5, 5.41) is 5.14. The molecule has 4 heterocycles. The summed E-state index contributed by atoms with van der Waals surface area (Å²) in [6.45, 7) is 0.722. The van der Waals surface area contributed by atoms with Gasteiger partial charge in [-0.3, -0.25) is 14.2 Å². The van der Waals surface area contributed by atoms with Crippen molar-refractivity contribution in [1.82, 2.24) is 24.3 Å². The molecule has 0 radical (unpaired) electrons. The normalized spacial score (nSPS) is 17.8. The van der Waals surface area contributed by atoms with Crippen molar-refractivity contribution in [3.63, 3.8) is 0 Å². The number of carbonyl (C=O) groups is 1. The number of nitrogens with zero attached hydrogens (tertiary/aromatic N) is 5. The first-order valence-corrected chi connectivity index (χ1v) is 8.37. The number of anilines is 1. The molecule has 3 aromatic rings. The second-order valence-corrected chi connectivity index (χ2v) is 6.29. The Balaban J connectivity index is 1.72. The van der Waals surface area contributed by atoms with E-state index >= 15 is 0 Å². The number of likely N-dealkylation sites (tertiary alicyclic amines) is 1. The minimum absolute atomic E-state index is 0.0137. The lowest BCUT2D eigenvalue weighted by atomic mass is 10.1. The zero-order chi connectivity index (χ0) is 15.8. The fourth-order valence-electron chi connectivity index (χ4n) is 3.09. The Kier molecular flexibility index (Phi) is 3.45. The molecule has 0 saturated carbocycles. The second-order valence-electron chi connectivity index (χ2n) is 5.40. The summed E-state index contributed by atoms with van der Waals surface area (Å²) >= 11 is 1.64. The molecule has 1 N–H and O–H groups in total. The number of hydrogen-bond donors (Lipinski definition) is 1. The van der Waals surface area contributed by atoms with Crippen molar-refractivity contribution in [2.45, 2.75) is 18.9 Å². The summed E-state index contributed by atoms with van der Waals surface area (Å²) in [6.07, 6.45) is 8.51. The largest absolute Gasteiger partial charge is 0.358 e. The molecule has 23 heavy (non-hydrogen) atoms. The number of carbonyl (C=O) groups excluding carboxylic acids is 1. The molecule has 0 spiro atoms. The van der Waals surface area contributed by atoms with Crippen molar-refractivity contribution in [1.29, 1.82) is 0 Å². The summed E-state index contributed by atoms with van der Waals surface area (Å²) < 4.78 is 2.03. The maximum absolute atomic E-state index is 12.8. The highest BCUT2D eigenvalue weighted by Gasteiger charge is 2.34. The topological polar surface area (TPSA) is 75.4 Å². The highest BCUT2D eigenvalue weighted by atomic mass is 32.1. The van der Waals surface area contributed by atoms with Crippen LogP contribution >= 0.6 is 11.3 Å². The highest BCUT2D eigenvalue weighted by molar-refractivity contribution is 7.15. The number of imidazole rings is 1. The van der Waals surface area contributed by atoms with Gasteiger partial charge in [0, 0.05) is 37.6 Å². The van der Waals surface area contributed by atoms with E-state index in [2.05, 4.69) is 15.3 Å². The van der Waals surface area contributed by atoms with E-state index in [0.717, 1.165) is 35.9 Å². The number of fused-ring (bicyclic) bond motifs is 1. The Hall–Kier alpha value is -2.48. The standard InChI is InChI=1S/C15H16N6OS/c1-16-15-19-12(14-21(15)7-8-23-14)11-3-2-6-20(11)13(22)10-9-17-4-5-18-10/h4-5,7-9,11H,2-3,6H2,1H3,(H,16,19). The van der Waals surface area contributed by atoms with Crippen LogP contribution in [0.4, 0.5) is 5.95 Å². The highest BCUT2D eigenvalue weighted by Crippen LogP contribution is 2.37. The van der Waals surface area contributed by atoms with E-state index in [1.165, 1.54) is 6.20 Å². The van der Waals surface area contributed by atoms with Gasteiger partial charge in [-0.05, 0) is 12.8 Å². The van der Waals surface area contributed by atoms with Crippen LogP contribution in [0, 0.1) is 0 Å². The molecule has 8 heteroatoms. The van der Waals surface area contributed by atoms with Gasteiger partial charge in [0.05, 0.1) is 12.2 Å². The summed E-state index contributed by atoms with van der Waals surface area (Å²) in [7, 11) is 1.85. The quantitative estimate of drug-likeness (QED) is 0.798. The first-order chi connectivity index (χ1) is 11.3. The van der Waals surface area contributed by atoms with Crippen molar-refractivity contribution < 1.29 is 4.79 Å². The Morgan fingerprint density at radius 3 is 3.13 bits per heavy atom. The van der Waals surface area contributed by atoms with Crippen LogP contribution in [0.3, 0.4) is 0 Å². The molecule has 7 nitrogen and oxygen atoms in total. The van der Waals surface area contributed by atoms with Gasteiger partial charge in [-0.2, -0.15) is 0 Å². The minimum atomic E-state index is -0.0793. The second kappa shape index (κ2) is 5.62. The van der Waals surface area contributed by atoms with E-state index in [9.17, 15) is 4.79 Å². The number of hydrogen-bond acceptors (Lipinski definition) is 6. The molecular formula is C15H16N6OS. The van der Waals surface area contributed by atoms with Gasteiger partial charge >= 0.3 is 0 Å². The van der Waals surface area contributed by atoms with Crippen LogP contribution in [0.5, 0.6) is 0 Å². The van der Waals surface area contributed by atoms with Crippen molar-refractivity contribution in [3.05, 3.63) is 41.6 Å².